The monoisotopic (exact) mass is 561 g/mol. The van der Waals surface area contributed by atoms with Crippen molar-refractivity contribution < 1.29 is 41.7 Å². The minimum atomic E-state index is -4.12. The molecule has 7 atom stereocenters. The van der Waals surface area contributed by atoms with Crippen molar-refractivity contribution >= 4 is 33.0 Å². The summed E-state index contributed by atoms with van der Waals surface area (Å²) in [6.45, 7) is 3.22. The highest BCUT2D eigenvalue weighted by Gasteiger charge is 2.62. The van der Waals surface area contributed by atoms with Crippen LogP contribution in [0.3, 0.4) is 0 Å². The van der Waals surface area contributed by atoms with Crippen LogP contribution in [0.15, 0.2) is 35.2 Å². The molecule has 4 rings (SSSR count). The SMILES string of the molecule is C[C@H]1CC2C[C@@H](S(=O)(=O)c3cc(C(=O)Nc4cc(F)c(F)c(F)c4)ccc3Cl)CC1[C@@]2(O)[C@H](O)[C@@H](C)O. The second kappa shape index (κ2) is 9.85. The topological polar surface area (TPSA) is 124 Å². The number of hydrogen-bond donors (Lipinski definition) is 4. The van der Waals surface area contributed by atoms with Crippen molar-refractivity contribution in [1.82, 2.24) is 0 Å². The zero-order chi connectivity index (χ0) is 27.4. The van der Waals surface area contributed by atoms with Crippen LogP contribution in [0, 0.1) is 35.2 Å². The van der Waals surface area contributed by atoms with Crippen molar-refractivity contribution in [3.8, 4) is 0 Å². The van der Waals surface area contributed by atoms with Gasteiger partial charge in [0.2, 0.25) is 0 Å². The molecule has 2 fully saturated rings. The Hall–Kier alpha value is -2.18. The Morgan fingerprint density at radius 2 is 1.73 bits per heavy atom. The van der Waals surface area contributed by atoms with E-state index in [9.17, 15) is 41.7 Å². The van der Waals surface area contributed by atoms with Crippen LogP contribution in [0.2, 0.25) is 5.02 Å². The van der Waals surface area contributed by atoms with Gasteiger partial charge in [-0.1, -0.05) is 18.5 Å². The smallest absolute Gasteiger partial charge is 0.255 e. The number of fused-ring (bicyclic) bond motifs is 2. The van der Waals surface area contributed by atoms with E-state index in [1.54, 1.807) is 0 Å². The lowest BCUT2D eigenvalue weighted by molar-refractivity contribution is -0.175. The molecule has 2 saturated carbocycles. The predicted octanol–water partition coefficient (Wildman–Crippen LogP) is 3.69. The largest absolute Gasteiger partial charge is 0.391 e. The third-order valence-electron chi connectivity index (χ3n) is 7.77. The molecule has 0 aliphatic heterocycles. The van der Waals surface area contributed by atoms with E-state index >= 15 is 0 Å². The molecule has 2 aromatic carbocycles. The van der Waals surface area contributed by atoms with E-state index in [4.69, 9.17) is 11.6 Å². The number of rotatable bonds is 6. The van der Waals surface area contributed by atoms with Crippen LogP contribution >= 0.6 is 11.6 Å². The summed E-state index contributed by atoms with van der Waals surface area (Å²) in [5, 5.41) is 32.9. The molecule has 0 spiro atoms. The molecule has 0 heterocycles. The zero-order valence-corrected chi connectivity index (χ0v) is 21.5. The number of carbonyl (C=O) groups is 1. The Morgan fingerprint density at radius 3 is 2.30 bits per heavy atom. The van der Waals surface area contributed by atoms with Crippen molar-refractivity contribution in [3.05, 3.63) is 58.4 Å². The molecule has 12 heteroatoms. The maximum absolute atomic E-state index is 13.7. The van der Waals surface area contributed by atoms with Crippen LogP contribution in [0.25, 0.3) is 0 Å². The lowest BCUT2D eigenvalue weighted by Crippen LogP contribution is -2.59. The van der Waals surface area contributed by atoms with Gasteiger partial charge in [0.1, 0.15) is 6.10 Å². The third-order valence-corrected chi connectivity index (χ3v) is 10.4. The van der Waals surface area contributed by atoms with Crippen molar-refractivity contribution in [3.63, 3.8) is 0 Å². The summed E-state index contributed by atoms with van der Waals surface area (Å²) in [4.78, 5) is 12.4. The maximum atomic E-state index is 13.7. The lowest BCUT2D eigenvalue weighted by atomic mass is 9.69. The molecule has 2 aromatic rings. The van der Waals surface area contributed by atoms with Crippen LogP contribution in [0.5, 0.6) is 0 Å². The first-order chi connectivity index (χ1) is 17.2. The quantitative estimate of drug-likeness (QED) is 0.399. The van der Waals surface area contributed by atoms with E-state index < -0.39 is 68.1 Å². The Morgan fingerprint density at radius 1 is 1.11 bits per heavy atom. The maximum Gasteiger partial charge on any atom is 0.255 e. The molecule has 0 saturated heterocycles. The number of benzene rings is 2. The molecule has 0 radical (unpaired) electrons. The minimum Gasteiger partial charge on any atom is -0.391 e. The van der Waals surface area contributed by atoms with Crippen LogP contribution in [-0.4, -0.2) is 52.7 Å². The molecule has 37 heavy (non-hydrogen) atoms. The molecule has 7 nitrogen and oxygen atoms in total. The van der Waals surface area contributed by atoms with Crippen molar-refractivity contribution in [2.24, 2.45) is 17.8 Å². The number of aliphatic hydroxyl groups is 3. The molecular weight excluding hydrogens is 535 g/mol. The molecule has 4 N–H and O–H groups in total. The van der Waals surface area contributed by atoms with Gasteiger partial charge in [-0.15, -0.1) is 0 Å². The Bertz CT molecular complexity index is 1320. The third kappa shape index (κ3) is 4.76. The second-order valence-electron chi connectivity index (χ2n) is 10.1. The van der Waals surface area contributed by atoms with Crippen LogP contribution in [0.4, 0.5) is 18.9 Å². The number of amides is 1. The van der Waals surface area contributed by atoms with E-state index in [-0.39, 0.29) is 39.9 Å². The fourth-order valence-corrected chi connectivity index (χ4v) is 8.31. The normalized spacial score (nSPS) is 29.1. The number of anilines is 1. The summed E-state index contributed by atoms with van der Waals surface area (Å²) in [6.07, 6.45) is -2.14. The number of nitrogens with one attached hydrogen (secondary N) is 1. The van der Waals surface area contributed by atoms with E-state index in [0.717, 1.165) is 6.07 Å². The van der Waals surface area contributed by atoms with Gasteiger partial charge in [0, 0.05) is 23.4 Å². The van der Waals surface area contributed by atoms with Crippen LogP contribution < -0.4 is 5.32 Å². The summed E-state index contributed by atoms with van der Waals surface area (Å²) in [5.41, 5.74) is -2.17. The molecule has 1 amide bonds. The van der Waals surface area contributed by atoms with Gasteiger partial charge in [-0.05, 0) is 62.1 Å². The van der Waals surface area contributed by atoms with Crippen LogP contribution in [-0.2, 0) is 9.84 Å². The standard InChI is InChI=1S/C25H27ClF3NO6S/c1-11-5-14-7-16(10-17(11)25(14,34)23(32)12(2)31)37(35,36)21-6-13(3-4-18(21)26)24(33)30-15-8-19(27)22(29)20(28)9-15/h3-4,6,8-9,11-12,14,16-17,23,31-32,34H,5,7,10H2,1-2H3,(H,30,33)/t11-,12+,14?,16+,17?,23+,25+/m0/s1. The number of carbonyl (C=O) groups excluding carboxylic acids is 1. The number of hydrogen-bond acceptors (Lipinski definition) is 6. The predicted molar refractivity (Wildman–Crippen MR) is 129 cm³/mol. The van der Waals surface area contributed by atoms with Gasteiger partial charge < -0.3 is 20.6 Å². The highest BCUT2D eigenvalue weighted by Crippen LogP contribution is 2.56. The van der Waals surface area contributed by atoms with Gasteiger partial charge in [-0.3, -0.25) is 4.79 Å². The average Bonchev–Trinajstić information content (AvgIpc) is 2.95. The fraction of sp³-hybridized carbons (Fsp3) is 0.480. The Kier molecular flexibility index (Phi) is 7.41. The number of halogens is 4. The number of sulfone groups is 1. The molecule has 2 bridgehead atoms. The average molecular weight is 562 g/mol. The first kappa shape index (κ1) is 27.8. The van der Waals surface area contributed by atoms with E-state index in [1.807, 2.05) is 6.92 Å². The number of aliphatic hydroxyl groups excluding tert-OH is 2. The molecule has 0 aromatic heterocycles. The highest BCUT2D eigenvalue weighted by molar-refractivity contribution is 7.92. The summed E-state index contributed by atoms with van der Waals surface area (Å²) in [7, 11) is -4.12. The molecule has 202 valence electrons. The van der Waals surface area contributed by atoms with Crippen LogP contribution in [0.1, 0.15) is 43.5 Å². The van der Waals surface area contributed by atoms with Crippen molar-refractivity contribution in [2.75, 3.05) is 5.32 Å². The van der Waals surface area contributed by atoms with E-state index in [0.29, 0.717) is 18.6 Å². The van der Waals surface area contributed by atoms with Crippen molar-refractivity contribution in [2.45, 2.75) is 61.1 Å². The Labute approximate surface area is 217 Å². The van der Waals surface area contributed by atoms with Gasteiger partial charge in [-0.25, -0.2) is 21.6 Å². The second-order valence-corrected chi connectivity index (χ2v) is 12.7. The summed E-state index contributed by atoms with van der Waals surface area (Å²) in [5.74, 6) is -6.88. The van der Waals surface area contributed by atoms with Gasteiger partial charge in [0.05, 0.1) is 26.9 Å². The van der Waals surface area contributed by atoms with E-state index in [2.05, 4.69) is 5.32 Å². The summed E-state index contributed by atoms with van der Waals surface area (Å²) in [6, 6.07) is 4.68. The van der Waals surface area contributed by atoms with Gasteiger partial charge in [-0.2, -0.15) is 0 Å². The molecule has 2 unspecified atom stereocenters. The highest BCUT2D eigenvalue weighted by atomic mass is 35.5. The van der Waals surface area contributed by atoms with Gasteiger partial charge >= 0.3 is 0 Å². The fourth-order valence-electron chi connectivity index (χ4n) is 5.94. The molecule has 2 aliphatic carbocycles. The zero-order valence-electron chi connectivity index (χ0n) is 20.0. The minimum absolute atomic E-state index is 0.0150. The lowest BCUT2D eigenvalue weighted by Gasteiger charge is -2.46. The van der Waals surface area contributed by atoms with Gasteiger partial charge in [0.15, 0.2) is 27.3 Å². The van der Waals surface area contributed by atoms with Gasteiger partial charge in [0.25, 0.3) is 5.91 Å². The summed E-state index contributed by atoms with van der Waals surface area (Å²) < 4.78 is 67.5. The Balaban J connectivity index is 1.62. The van der Waals surface area contributed by atoms with Crippen molar-refractivity contribution in [1.29, 1.82) is 0 Å². The van der Waals surface area contributed by atoms with E-state index in [1.165, 1.54) is 19.1 Å². The molecular formula is C25H27ClF3NO6S. The molecule has 2 aliphatic rings. The summed E-state index contributed by atoms with van der Waals surface area (Å²) >= 11 is 6.21. The first-order valence-corrected chi connectivity index (χ1v) is 13.7. The first-order valence-electron chi connectivity index (χ1n) is 11.8.